The SMILES string of the molecule is CC(C)O.CC(O)C(=O)N1CCCC1. The van der Waals surface area contributed by atoms with Gasteiger partial charge in [-0.1, -0.05) is 0 Å². The first kappa shape index (κ1) is 13.4. The molecule has 0 bridgehead atoms. The molecule has 0 aromatic rings. The van der Waals surface area contributed by atoms with E-state index in [2.05, 4.69) is 0 Å². The molecule has 1 atom stereocenters. The summed E-state index contributed by atoms with van der Waals surface area (Å²) in [5.41, 5.74) is 0. The number of carbonyl (C=O) groups excluding carboxylic acids is 1. The zero-order chi connectivity index (χ0) is 11.1. The van der Waals surface area contributed by atoms with Crippen LogP contribution in [0.3, 0.4) is 0 Å². The molecule has 0 aromatic carbocycles. The van der Waals surface area contributed by atoms with Gasteiger partial charge in [0.2, 0.25) is 0 Å². The van der Waals surface area contributed by atoms with Crippen LogP contribution in [0.15, 0.2) is 0 Å². The van der Waals surface area contributed by atoms with Gasteiger partial charge in [-0.25, -0.2) is 0 Å². The molecule has 2 N–H and O–H groups in total. The second-order valence-corrected chi connectivity index (χ2v) is 3.80. The van der Waals surface area contributed by atoms with E-state index in [1.165, 1.54) is 6.92 Å². The third kappa shape index (κ3) is 5.94. The van der Waals surface area contributed by atoms with Crippen molar-refractivity contribution in [1.82, 2.24) is 4.90 Å². The van der Waals surface area contributed by atoms with Crippen LogP contribution in [-0.2, 0) is 4.79 Å². The Bertz CT molecular complexity index is 160. The molecule has 14 heavy (non-hydrogen) atoms. The first-order valence-electron chi connectivity index (χ1n) is 5.10. The van der Waals surface area contributed by atoms with Crippen molar-refractivity contribution in [3.63, 3.8) is 0 Å². The van der Waals surface area contributed by atoms with Crippen LogP contribution in [0.1, 0.15) is 33.6 Å². The standard InChI is InChI=1S/C7H13NO2.C3H8O/c1-6(9)7(10)8-4-2-3-5-8;1-3(2)4/h6,9H,2-5H2,1H3;3-4H,1-2H3. The number of amides is 1. The van der Waals surface area contributed by atoms with Crippen LogP contribution in [0.2, 0.25) is 0 Å². The molecule has 1 unspecified atom stereocenters. The number of nitrogens with zero attached hydrogens (tertiary/aromatic N) is 1. The number of hydrogen-bond donors (Lipinski definition) is 2. The normalized spacial score (nSPS) is 17.7. The van der Waals surface area contributed by atoms with Crippen LogP contribution >= 0.6 is 0 Å². The van der Waals surface area contributed by atoms with Crippen LogP contribution in [-0.4, -0.2) is 46.3 Å². The highest BCUT2D eigenvalue weighted by Crippen LogP contribution is 2.08. The van der Waals surface area contributed by atoms with E-state index in [1.807, 2.05) is 0 Å². The Balaban J connectivity index is 0.000000364. The van der Waals surface area contributed by atoms with Gasteiger partial charge in [-0.05, 0) is 33.6 Å². The van der Waals surface area contributed by atoms with E-state index in [0.717, 1.165) is 25.9 Å². The lowest BCUT2D eigenvalue weighted by molar-refractivity contribution is -0.138. The minimum Gasteiger partial charge on any atom is -0.394 e. The maximum atomic E-state index is 11.0. The average molecular weight is 203 g/mol. The fourth-order valence-electron chi connectivity index (χ4n) is 1.20. The van der Waals surface area contributed by atoms with E-state index in [0.29, 0.717) is 0 Å². The molecular weight excluding hydrogens is 182 g/mol. The van der Waals surface area contributed by atoms with Crippen molar-refractivity contribution in [2.45, 2.75) is 45.8 Å². The molecule has 1 saturated heterocycles. The number of aliphatic hydroxyl groups is 2. The quantitative estimate of drug-likeness (QED) is 0.647. The van der Waals surface area contributed by atoms with E-state index in [-0.39, 0.29) is 12.0 Å². The summed E-state index contributed by atoms with van der Waals surface area (Å²) in [5, 5.41) is 16.9. The zero-order valence-electron chi connectivity index (χ0n) is 9.23. The summed E-state index contributed by atoms with van der Waals surface area (Å²) in [6.45, 7) is 6.61. The molecule has 0 radical (unpaired) electrons. The molecule has 1 heterocycles. The third-order valence-electron chi connectivity index (χ3n) is 1.78. The fourth-order valence-corrected chi connectivity index (χ4v) is 1.20. The molecule has 1 amide bonds. The van der Waals surface area contributed by atoms with Crippen LogP contribution in [0, 0.1) is 0 Å². The van der Waals surface area contributed by atoms with E-state index in [1.54, 1.807) is 18.7 Å². The molecule has 1 aliphatic heterocycles. The summed E-state index contributed by atoms with van der Waals surface area (Å²) in [4.78, 5) is 12.7. The van der Waals surface area contributed by atoms with Gasteiger partial charge in [0.15, 0.2) is 0 Å². The van der Waals surface area contributed by atoms with Gasteiger partial charge in [-0.2, -0.15) is 0 Å². The highest BCUT2D eigenvalue weighted by atomic mass is 16.3. The van der Waals surface area contributed by atoms with Crippen LogP contribution in [0.25, 0.3) is 0 Å². The first-order valence-corrected chi connectivity index (χ1v) is 5.10. The van der Waals surface area contributed by atoms with Gasteiger partial charge in [-0.15, -0.1) is 0 Å². The predicted octanol–water partition coefficient (Wildman–Crippen LogP) is 0.377. The van der Waals surface area contributed by atoms with Gasteiger partial charge < -0.3 is 15.1 Å². The lowest BCUT2D eigenvalue weighted by Gasteiger charge is -2.16. The van der Waals surface area contributed by atoms with E-state index < -0.39 is 6.10 Å². The molecule has 4 nitrogen and oxygen atoms in total. The highest BCUT2D eigenvalue weighted by molar-refractivity contribution is 5.80. The lowest BCUT2D eigenvalue weighted by atomic mass is 10.3. The molecule has 0 saturated carbocycles. The van der Waals surface area contributed by atoms with Crippen molar-refractivity contribution in [2.75, 3.05) is 13.1 Å². The Morgan fingerprint density at radius 1 is 1.14 bits per heavy atom. The van der Waals surface area contributed by atoms with Crippen molar-refractivity contribution in [3.05, 3.63) is 0 Å². The first-order chi connectivity index (χ1) is 6.45. The Morgan fingerprint density at radius 2 is 1.50 bits per heavy atom. The number of carbonyl (C=O) groups is 1. The monoisotopic (exact) mass is 203 g/mol. The minimum absolute atomic E-state index is 0.127. The second-order valence-electron chi connectivity index (χ2n) is 3.80. The molecule has 84 valence electrons. The number of aliphatic hydroxyl groups excluding tert-OH is 2. The molecule has 4 heteroatoms. The molecule has 1 rings (SSSR count). The van der Waals surface area contributed by atoms with Crippen LogP contribution in [0.4, 0.5) is 0 Å². The van der Waals surface area contributed by atoms with Crippen LogP contribution < -0.4 is 0 Å². The smallest absolute Gasteiger partial charge is 0.251 e. The summed E-state index contributed by atoms with van der Waals surface area (Å²) in [6.07, 6.45) is 1.18. The van der Waals surface area contributed by atoms with Gasteiger partial charge >= 0.3 is 0 Å². The second kappa shape index (κ2) is 6.79. The van der Waals surface area contributed by atoms with Gasteiger partial charge in [0, 0.05) is 19.2 Å². The Labute approximate surface area is 85.5 Å². The Morgan fingerprint density at radius 3 is 1.79 bits per heavy atom. The Kier molecular flexibility index (Phi) is 6.49. The van der Waals surface area contributed by atoms with Crippen molar-refractivity contribution >= 4 is 5.91 Å². The number of likely N-dealkylation sites (tertiary alicyclic amines) is 1. The topological polar surface area (TPSA) is 60.8 Å². The lowest BCUT2D eigenvalue weighted by Crippen LogP contribution is -2.35. The summed E-state index contributed by atoms with van der Waals surface area (Å²) in [7, 11) is 0. The van der Waals surface area contributed by atoms with Crippen molar-refractivity contribution in [1.29, 1.82) is 0 Å². The van der Waals surface area contributed by atoms with Crippen molar-refractivity contribution < 1.29 is 15.0 Å². The number of hydrogen-bond acceptors (Lipinski definition) is 3. The van der Waals surface area contributed by atoms with Crippen molar-refractivity contribution in [2.24, 2.45) is 0 Å². The summed E-state index contributed by atoms with van der Waals surface area (Å²) in [6, 6.07) is 0. The van der Waals surface area contributed by atoms with E-state index >= 15 is 0 Å². The van der Waals surface area contributed by atoms with Crippen molar-refractivity contribution in [3.8, 4) is 0 Å². The molecular formula is C10H21NO3. The Hall–Kier alpha value is -0.610. The maximum absolute atomic E-state index is 11.0. The predicted molar refractivity (Wildman–Crippen MR) is 54.8 cm³/mol. The minimum atomic E-state index is -0.821. The third-order valence-corrected chi connectivity index (χ3v) is 1.78. The summed E-state index contributed by atoms with van der Waals surface area (Å²) in [5.74, 6) is -0.127. The van der Waals surface area contributed by atoms with Crippen LogP contribution in [0.5, 0.6) is 0 Å². The molecule has 0 aliphatic carbocycles. The molecule has 1 fully saturated rings. The van der Waals surface area contributed by atoms with E-state index in [4.69, 9.17) is 10.2 Å². The zero-order valence-corrected chi connectivity index (χ0v) is 9.23. The van der Waals surface area contributed by atoms with Gasteiger partial charge in [0.25, 0.3) is 5.91 Å². The highest BCUT2D eigenvalue weighted by Gasteiger charge is 2.20. The fraction of sp³-hybridized carbons (Fsp3) is 0.900. The number of rotatable bonds is 1. The maximum Gasteiger partial charge on any atom is 0.251 e. The van der Waals surface area contributed by atoms with Gasteiger partial charge in [0.1, 0.15) is 6.10 Å². The summed E-state index contributed by atoms with van der Waals surface area (Å²) >= 11 is 0. The van der Waals surface area contributed by atoms with Gasteiger partial charge in [0.05, 0.1) is 0 Å². The molecule has 0 aromatic heterocycles. The summed E-state index contributed by atoms with van der Waals surface area (Å²) < 4.78 is 0. The molecule has 1 aliphatic rings. The largest absolute Gasteiger partial charge is 0.394 e. The average Bonchev–Trinajstić information content (AvgIpc) is 2.53. The van der Waals surface area contributed by atoms with Gasteiger partial charge in [-0.3, -0.25) is 4.79 Å². The molecule has 0 spiro atoms. The van der Waals surface area contributed by atoms with E-state index in [9.17, 15) is 4.79 Å².